The van der Waals surface area contributed by atoms with E-state index in [1.807, 2.05) is 18.3 Å². The van der Waals surface area contributed by atoms with Crippen LogP contribution in [0.25, 0.3) is 22.2 Å². The number of hydrogen-bond acceptors (Lipinski definition) is 9. The molecule has 0 bridgehead atoms. The normalized spacial score (nSPS) is 14.1. The molecule has 0 unspecified atom stereocenters. The van der Waals surface area contributed by atoms with E-state index >= 15 is 0 Å². The number of fused-ring (bicyclic) bond motifs is 1. The average Bonchev–Trinajstić information content (AvgIpc) is 3.65. The summed E-state index contributed by atoms with van der Waals surface area (Å²) in [7, 11) is -0.707. The van der Waals surface area contributed by atoms with Crippen molar-refractivity contribution in [1.82, 2.24) is 29.5 Å². The van der Waals surface area contributed by atoms with Gasteiger partial charge in [0.05, 0.1) is 30.5 Å². The van der Waals surface area contributed by atoms with Gasteiger partial charge in [0.25, 0.3) is 0 Å². The lowest BCUT2D eigenvalue weighted by atomic mass is 10.1. The minimum Gasteiger partial charge on any atom is -0.378 e. The van der Waals surface area contributed by atoms with Crippen LogP contribution in [0.1, 0.15) is 0 Å². The summed E-state index contributed by atoms with van der Waals surface area (Å²) in [5, 5.41) is 14.2. The van der Waals surface area contributed by atoms with E-state index in [9.17, 15) is 8.42 Å². The Morgan fingerprint density at radius 2 is 1.75 bits per heavy atom. The molecule has 12 nitrogen and oxygen atoms in total. The van der Waals surface area contributed by atoms with E-state index in [0.29, 0.717) is 28.5 Å². The van der Waals surface area contributed by atoms with Gasteiger partial charge in [-0.05, 0) is 36.4 Å². The summed E-state index contributed by atoms with van der Waals surface area (Å²) in [6, 6.07) is 14.8. The molecule has 40 heavy (non-hydrogen) atoms. The number of nitrogens with zero attached hydrogens (tertiary/aromatic N) is 5. The van der Waals surface area contributed by atoms with E-state index < -0.39 is 10.0 Å². The van der Waals surface area contributed by atoms with Crippen LogP contribution >= 0.6 is 0 Å². The SMILES string of the molecule is CN(C)S(=O)(=O)c1ccccc1Nc1nc(Nc2ccc(N3CCOCC3)cc2)nc2[nH]cc(-c3cn[nH]c3)c12. The summed E-state index contributed by atoms with van der Waals surface area (Å²) >= 11 is 0. The molecule has 4 heterocycles. The Hall–Kier alpha value is -4.46. The van der Waals surface area contributed by atoms with Crippen LogP contribution in [0.2, 0.25) is 0 Å². The number of H-pyrrole nitrogens is 2. The van der Waals surface area contributed by atoms with E-state index in [4.69, 9.17) is 14.7 Å². The minimum atomic E-state index is -3.72. The van der Waals surface area contributed by atoms with Gasteiger partial charge in [-0.3, -0.25) is 5.10 Å². The van der Waals surface area contributed by atoms with Crippen molar-refractivity contribution in [3.8, 4) is 11.1 Å². The van der Waals surface area contributed by atoms with Gasteiger partial charge in [0.2, 0.25) is 16.0 Å². The number of nitrogens with one attached hydrogen (secondary N) is 4. The number of aromatic amines is 2. The fraction of sp³-hybridized carbons (Fsp3) is 0.222. The summed E-state index contributed by atoms with van der Waals surface area (Å²) in [5.74, 6) is 0.791. The number of rotatable bonds is 8. The first-order valence-corrected chi connectivity index (χ1v) is 14.2. The van der Waals surface area contributed by atoms with Crippen molar-refractivity contribution in [2.45, 2.75) is 4.90 Å². The molecule has 0 spiro atoms. The van der Waals surface area contributed by atoms with E-state index in [1.54, 1.807) is 36.7 Å². The Bertz CT molecular complexity index is 1730. The van der Waals surface area contributed by atoms with Crippen LogP contribution in [0, 0.1) is 0 Å². The lowest BCUT2D eigenvalue weighted by Gasteiger charge is -2.28. The van der Waals surface area contributed by atoms with Gasteiger partial charge in [-0.1, -0.05) is 12.1 Å². The molecule has 0 saturated carbocycles. The molecule has 2 aromatic carbocycles. The first-order valence-electron chi connectivity index (χ1n) is 12.8. The number of ether oxygens (including phenoxy) is 1. The third-order valence-corrected chi connectivity index (χ3v) is 8.61. The van der Waals surface area contributed by atoms with Gasteiger partial charge >= 0.3 is 0 Å². The highest BCUT2D eigenvalue weighted by atomic mass is 32.2. The quantitative estimate of drug-likeness (QED) is 0.222. The molecule has 6 rings (SSSR count). The highest BCUT2D eigenvalue weighted by Gasteiger charge is 2.23. The maximum atomic E-state index is 13.1. The predicted octanol–water partition coefficient (Wildman–Crippen LogP) is 3.92. The van der Waals surface area contributed by atoms with Crippen molar-refractivity contribution < 1.29 is 13.2 Å². The Labute approximate surface area is 231 Å². The molecule has 0 radical (unpaired) electrons. The molecule has 1 saturated heterocycles. The fourth-order valence-electron chi connectivity index (χ4n) is 4.63. The molecule has 5 aromatic rings. The summed E-state index contributed by atoms with van der Waals surface area (Å²) in [6.07, 6.45) is 5.32. The molecular weight excluding hydrogens is 530 g/mol. The number of sulfonamides is 1. The van der Waals surface area contributed by atoms with Gasteiger partial charge < -0.3 is 25.3 Å². The van der Waals surface area contributed by atoms with Gasteiger partial charge in [0, 0.05) is 62.1 Å². The van der Waals surface area contributed by atoms with E-state index in [0.717, 1.165) is 48.8 Å². The predicted molar refractivity (Wildman–Crippen MR) is 155 cm³/mol. The van der Waals surface area contributed by atoms with Gasteiger partial charge in [-0.25, -0.2) is 12.7 Å². The zero-order chi connectivity index (χ0) is 27.7. The summed E-state index contributed by atoms with van der Waals surface area (Å²) in [4.78, 5) is 15.2. The van der Waals surface area contributed by atoms with E-state index in [2.05, 4.69) is 42.8 Å². The summed E-state index contributed by atoms with van der Waals surface area (Å²) in [6.45, 7) is 3.16. The van der Waals surface area contributed by atoms with Crippen molar-refractivity contribution in [1.29, 1.82) is 0 Å². The van der Waals surface area contributed by atoms with Crippen molar-refractivity contribution in [2.75, 3.05) is 55.9 Å². The van der Waals surface area contributed by atoms with Crippen LogP contribution in [0.3, 0.4) is 0 Å². The second-order valence-corrected chi connectivity index (χ2v) is 11.6. The molecule has 1 fully saturated rings. The molecule has 3 aromatic heterocycles. The molecule has 1 aliphatic rings. The Morgan fingerprint density at radius 1 is 0.975 bits per heavy atom. The van der Waals surface area contributed by atoms with Gasteiger partial charge in [0.1, 0.15) is 16.4 Å². The van der Waals surface area contributed by atoms with E-state index in [1.165, 1.54) is 18.4 Å². The third kappa shape index (κ3) is 4.97. The molecule has 13 heteroatoms. The summed E-state index contributed by atoms with van der Waals surface area (Å²) in [5.41, 5.74) is 4.58. The Balaban J connectivity index is 1.39. The molecule has 0 aliphatic carbocycles. The van der Waals surface area contributed by atoms with Crippen LogP contribution in [-0.4, -0.2) is 78.3 Å². The molecule has 0 amide bonds. The third-order valence-electron chi connectivity index (χ3n) is 6.74. The van der Waals surface area contributed by atoms with Gasteiger partial charge in [-0.2, -0.15) is 15.1 Å². The molecule has 1 aliphatic heterocycles. The number of benzene rings is 2. The zero-order valence-electron chi connectivity index (χ0n) is 22.0. The van der Waals surface area contributed by atoms with Crippen molar-refractivity contribution in [3.05, 3.63) is 67.1 Å². The standard InChI is InChI=1S/C27H29N9O3S/c1-35(2)40(37,38)23-6-4-3-5-22(23)32-26-24-21(18-15-29-30-16-18)17-28-25(24)33-27(34-26)31-19-7-9-20(10-8-19)36-11-13-39-14-12-36/h3-10,15-17H,11-14H2,1-2H3,(H,29,30)(H3,28,31,32,33,34). The number of anilines is 5. The van der Waals surface area contributed by atoms with Crippen molar-refractivity contribution in [2.24, 2.45) is 0 Å². The van der Waals surface area contributed by atoms with Crippen LogP contribution < -0.4 is 15.5 Å². The van der Waals surface area contributed by atoms with Gasteiger partial charge in [-0.15, -0.1) is 0 Å². The number of hydrogen-bond donors (Lipinski definition) is 4. The second kappa shape index (κ2) is 10.6. The lowest BCUT2D eigenvalue weighted by Crippen LogP contribution is -2.36. The van der Waals surface area contributed by atoms with Crippen LogP contribution in [0.4, 0.5) is 28.8 Å². The lowest BCUT2D eigenvalue weighted by molar-refractivity contribution is 0.122. The van der Waals surface area contributed by atoms with Gasteiger partial charge in [0.15, 0.2) is 0 Å². The maximum Gasteiger partial charge on any atom is 0.244 e. The minimum absolute atomic E-state index is 0.139. The average molecular weight is 560 g/mol. The maximum absolute atomic E-state index is 13.1. The molecule has 0 atom stereocenters. The smallest absolute Gasteiger partial charge is 0.244 e. The number of aromatic nitrogens is 5. The van der Waals surface area contributed by atoms with E-state index in [-0.39, 0.29) is 4.90 Å². The van der Waals surface area contributed by atoms with Crippen molar-refractivity contribution >= 4 is 49.9 Å². The zero-order valence-corrected chi connectivity index (χ0v) is 22.9. The number of para-hydroxylation sites is 1. The first kappa shape index (κ1) is 25.8. The fourth-order valence-corrected chi connectivity index (χ4v) is 5.67. The number of morpholine rings is 1. The van der Waals surface area contributed by atoms with Crippen LogP contribution in [0.5, 0.6) is 0 Å². The summed E-state index contributed by atoms with van der Waals surface area (Å²) < 4.78 is 32.8. The highest BCUT2D eigenvalue weighted by molar-refractivity contribution is 7.89. The largest absolute Gasteiger partial charge is 0.378 e. The van der Waals surface area contributed by atoms with Crippen LogP contribution in [0.15, 0.2) is 72.0 Å². The topological polar surface area (TPSA) is 144 Å². The molecule has 4 N–H and O–H groups in total. The monoisotopic (exact) mass is 559 g/mol. The first-order chi connectivity index (χ1) is 19.4. The van der Waals surface area contributed by atoms with Crippen molar-refractivity contribution in [3.63, 3.8) is 0 Å². The molecule has 206 valence electrons. The second-order valence-electron chi connectivity index (χ2n) is 9.49. The Morgan fingerprint density at radius 3 is 2.48 bits per heavy atom. The molecular formula is C27H29N9O3S. The van der Waals surface area contributed by atoms with Crippen LogP contribution in [-0.2, 0) is 14.8 Å². The highest BCUT2D eigenvalue weighted by Crippen LogP contribution is 2.36. The Kier molecular flexibility index (Phi) is 6.84.